The summed E-state index contributed by atoms with van der Waals surface area (Å²) < 4.78 is 26.3. The fraction of sp³-hybridized carbons (Fsp3) is 0.348. The third-order valence-corrected chi connectivity index (χ3v) is 4.99. The first-order chi connectivity index (χ1) is 14.0. The molecule has 6 heteroatoms. The van der Waals surface area contributed by atoms with Gasteiger partial charge in [-0.3, -0.25) is 0 Å². The number of nitrogens with one attached hydrogen (secondary N) is 1. The molecule has 0 aliphatic rings. The number of hydrogen-bond acceptors (Lipinski definition) is 4. The van der Waals surface area contributed by atoms with Crippen molar-refractivity contribution in [1.82, 2.24) is 15.1 Å². The van der Waals surface area contributed by atoms with Crippen molar-refractivity contribution in [2.24, 2.45) is 0 Å². The molecule has 0 aliphatic heterocycles. The summed E-state index contributed by atoms with van der Waals surface area (Å²) >= 11 is 0. The average Bonchev–Trinajstić information content (AvgIpc) is 3.12. The largest absolute Gasteiger partial charge is 0.496 e. The molecule has 0 saturated heterocycles. The first kappa shape index (κ1) is 21.0. The maximum absolute atomic E-state index is 13.6. The van der Waals surface area contributed by atoms with Gasteiger partial charge >= 0.3 is 0 Å². The Bertz CT molecular complexity index is 955. The highest BCUT2D eigenvalue weighted by atomic mass is 19.1. The summed E-state index contributed by atoms with van der Waals surface area (Å²) in [6, 6.07) is 12.7. The predicted molar refractivity (Wildman–Crippen MR) is 112 cm³/mol. The van der Waals surface area contributed by atoms with Crippen LogP contribution in [0, 0.1) is 12.7 Å². The van der Waals surface area contributed by atoms with Crippen molar-refractivity contribution in [2.75, 3.05) is 13.7 Å². The highest BCUT2D eigenvalue weighted by Gasteiger charge is 2.15. The molecule has 3 aromatic rings. The molecule has 0 bridgehead atoms. The van der Waals surface area contributed by atoms with Gasteiger partial charge in [0, 0.05) is 36.0 Å². The maximum atomic E-state index is 13.6. The lowest BCUT2D eigenvalue weighted by Gasteiger charge is -2.16. The van der Waals surface area contributed by atoms with Crippen LogP contribution in [-0.4, -0.2) is 23.5 Å². The van der Waals surface area contributed by atoms with Crippen LogP contribution in [0.15, 0.2) is 48.7 Å². The van der Waals surface area contributed by atoms with Crippen LogP contribution in [0.2, 0.25) is 0 Å². The number of hydrogen-bond donors (Lipinski definition) is 1. The molecular weight excluding hydrogens is 369 g/mol. The molecule has 154 valence electrons. The van der Waals surface area contributed by atoms with E-state index >= 15 is 0 Å². The van der Waals surface area contributed by atoms with Crippen molar-refractivity contribution >= 4 is 0 Å². The summed E-state index contributed by atoms with van der Waals surface area (Å²) in [5, 5.41) is 7.99. The summed E-state index contributed by atoms with van der Waals surface area (Å²) in [6.07, 6.45) is 1.84. The van der Waals surface area contributed by atoms with Crippen molar-refractivity contribution in [3.63, 3.8) is 0 Å². The summed E-state index contributed by atoms with van der Waals surface area (Å²) in [5.74, 6) is 0.565. The molecule has 1 atom stereocenters. The summed E-state index contributed by atoms with van der Waals surface area (Å²) in [4.78, 5) is 0. The summed E-state index contributed by atoms with van der Waals surface area (Å²) in [5.41, 5.74) is 4.98. The molecular formula is C23H28FN3O2. The van der Waals surface area contributed by atoms with Gasteiger partial charge in [-0.25, -0.2) is 9.07 Å². The molecule has 0 unspecified atom stereocenters. The SMILES string of the molecule is CCOCc1cc(CN[C@H](C)c2cnn(-c3cccc(F)c3)c2C)ccc1OC. The van der Waals surface area contributed by atoms with E-state index in [1.807, 2.05) is 32.2 Å². The first-order valence-electron chi connectivity index (χ1n) is 9.80. The van der Waals surface area contributed by atoms with E-state index in [1.54, 1.807) is 17.9 Å². The van der Waals surface area contributed by atoms with E-state index in [4.69, 9.17) is 9.47 Å². The maximum Gasteiger partial charge on any atom is 0.125 e. The van der Waals surface area contributed by atoms with E-state index < -0.39 is 0 Å². The smallest absolute Gasteiger partial charge is 0.125 e. The molecule has 0 fully saturated rings. The minimum absolute atomic E-state index is 0.0924. The monoisotopic (exact) mass is 397 g/mol. The van der Waals surface area contributed by atoms with E-state index in [-0.39, 0.29) is 11.9 Å². The average molecular weight is 397 g/mol. The van der Waals surface area contributed by atoms with Crippen molar-refractivity contribution in [3.05, 3.63) is 76.9 Å². The van der Waals surface area contributed by atoms with Crippen molar-refractivity contribution in [3.8, 4) is 11.4 Å². The molecule has 3 rings (SSSR count). The standard InChI is InChI=1S/C23H28FN3O2/c1-5-29-15-19-11-18(9-10-23(19)28-4)13-25-16(2)22-14-26-27(17(22)3)21-8-6-7-20(24)12-21/h6-12,14,16,25H,5,13,15H2,1-4H3/t16-/m1/s1. The van der Waals surface area contributed by atoms with Crippen LogP contribution in [-0.2, 0) is 17.9 Å². The fourth-order valence-corrected chi connectivity index (χ4v) is 3.36. The number of ether oxygens (including phenoxy) is 2. The second kappa shape index (κ2) is 9.67. The van der Waals surface area contributed by atoms with Crippen LogP contribution in [0.1, 0.15) is 42.3 Å². The Morgan fingerprint density at radius 2 is 2.03 bits per heavy atom. The Morgan fingerprint density at radius 1 is 1.21 bits per heavy atom. The topological polar surface area (TPSA) is 48.3 Å². The fourth-order valence-electron chi connectivity index (χ4n) is 3.36. The molecule has 0 saturated carbocycles. The molecule has 1 N–H and O–H groups in total. The van der Waals surface area contributed by atoms with Gasteiger partial charge in [0.25, 0.3) is 0 Å². The molecule has 0 radical (unpaired) electrons. The van der Waals surface area contributed by atoms with Crippen molar-refractivity contribution in [1.29, 1.82) is 0 Å². The van der Waals surface area contributed by atoms with E-state index in [1.165, 1.54) is 12.1 Å². The quantitative estimate of drug-likeness (QED) is 0.568. The van der Waals surface area contributed by atoms with Crippen molar-refractivity contribution < 1.29 is 13.9 Å². The molecule has 5 nitrogen and oxygen atoms in total. The van der Waals surface area contributed by atoms with Gasteiger partial charge in [0.1, 0.15) is 11.6 Å². The Balaban J connectivity index is 1.71. The third-order valence-electron chi connectivity index (χ3n) is 4.99. The molecule has 29 heavy (non-hydrogen) atoms. The van der Waals surface area contributed by atoms with Crippen LogP contribution in [0.3, 0.4) is 0 Å². The number of benzene rings is 2. The van der Waals surface area contributed by atoms with Gasteiger partial charge in [-0.2, -0.15) is 5.10 Å². The zero-order chi connectivity index (χ0) is 20.8. The Hall–Kier alpha value is -2.70. The summed E-state index contributed by atoms with van der Waals surface area (Å²) in [6.45, 7) is 7.98. The second-order valence-electron chi connectivity index (χ2n) is 6.96. The summed E-state index contributed by atoms with van der Waals surface area (Å²) in [7, 11) is 1.67. The van der Waals surface area contributed by atoms with Crippen molar-refractivity contribution in [2.45, 2.75) is 40.0 Å². The van der Waals surface area contributed by atoms with E-state index in [0.717, 1.165) is 33.8 Å². The lowest BCUT2D eigenvalue weighted by atomic mass is 10.1. The van der Waals surface area contributed by atoms with Crippen LogP contribution in [0.25, 0.3) is 5.69 Å². The first-order valence-corrected chi connectivity index (χ1v) is 9.80. The molecule has 1 heterocycles. The Labute approximate surface area is 171 Å². The van der Waals surface area contributed by atoms with Gasteiger partial charge < -0.3 is 14.8 Å². The molecule has 0 spiro atoms. The lowest BCUT2D eigenvalue weighted by molar-refractivity contribution is 0.132. The third kappa shape index (κ3) is 5.02. The Morgan fingerprint density at radius 3 is 2.76 bits per heavy atom. The van der Waals surface area contributed by atoms with Crippen LogP contribution >= 0.6 is 0 Å². The van der Waals surface area contributed by atoms with Crippen LogP contribution < -0.4 is 10.1 Å². The zero-order valence-electron chi connectivity index (χ0n) is 17.4. The lowest BCUT2D eigenvalue weighted by Crippen LogP contribution is -2.19. The highest BCUT2D eigenvalue weighted by Crippen LogP contribution is 2.23. The Kier molecular flexibility index (Phi) is 7.01. The predicted octanol–water partition coefficient (Wildman–Crippen LogP) is 4.72. The number of nitrogens with zero attached hydrogens (tertiary/aromatic N) is 2. The van der Waals surface area contributed by atoms with Gasteiger partial charge in [-0.15, -0.1) is 0 Å². The molecule has 1 aromatic heterocycles. The normalized spacial score (nSPS) is 12.2. The number of rotatable bonds is 9. The minimum atomic E-state index is -0.271. The number of halogens is 1. The second-order valence-corrected chi connectivity index (χ2v) is 6.96. The van der Waals surface area contributed by atoms with Gasteiger partial charge in [0.2, 0.25) is 0 Å². The molecule has 2 aromatic carbocycles. The van der Waals surface area contributed by atoms with E-state index in [9.17, 15) is 4.39 Å². The van der Waals surface area contributed by atoms with Gasteiger partial charge in [0.05, 0.1) is 25.6 Å². The highest BCUT2D eigenvalue weighted by molar-refractivity contribution is 5.38. The van der Waals surface area contributed by atoms with E-state index in [0.29, 0.717) is 19.8 Å². The van der Waals surface area contributed by atoms with Gasteiger partial charge in [-0.05, 0) is 56.7 Å². The van der Waals surface area contributed by atoms with Crippen LogP contribution in [0.4, 0.5) is 4.39 Å². The van der Waals surface area contributed by atoms with Gasteiger partial charge in [0.15, 0.2) is 0 Å². The number of methoxy groups -OCH3 is 1. The van der Waals surface area contributed by atoms with E-state index in [2.05, 4.69) is 29.5 Å². The van der Waals surface area contributed by atoms with Gasteiger partial charge in [-0.1, -0.05) is 12.1 Å². The zero-order valence-corrected chi connectivity index (χ0v) is 17.4. The molecule has 0 aliphatic carbocycles. The number of aromatic nitrogens is 2. The minimum Gasteiger partial charge on any atom is -0.496 e. The van der Waals surface area contributed by atoms with Crippen LogP contribution in [0.5, 0.6) is 5.75 Å². The molecule has 0 amide bonds.